The van der Waals surface area contributed by atoms with E-state index in [0.29, 0.717) is 45.3 Å². The average Bonchev–Trinajstić information content (AvgIpc) is 3.42. The smallest absolute Gasteiger partial charge is 0.274 e. The first-order valence-corrected chi connectivity index (χ1v) is 31.0. The summed E-state index contributed by atoms with van der Waals surface area (Å²) in [5, 5.41) is 31.5. The summed E-state index contributed by atoms with van der Waals surface area (Å²) in [5.74, 6) is -8.32. The van der Waals surface area contributed by atoms with Crippen LogP contribution in [0.2, 0.25) is 0 Å². The molecule has 1 aliphatic rings. The molecule has 1 unspecified atom stereocenters. The summed E-state index contributed by atoms with van der Waals surface area (Å²) >= 11 is 3.69. The number of thioether (sulfide) groups is 4. The van der Waals surface area contributed by atoms with Gasteiger partial charge in [-0.15, -0.1) is 0 Å². The lowest BCUT2D eigenvalue weighted by atomic mass is 10.1. The molecule has 414 valence electrons. The number of hydrogen-bond donors (Lipinski definition) is 6. The van der Waals surface area contributed by atoms with Crippen LogP contribution < -0.4 is 21.3 Å². The number of carbonyl (C=O) groups is 10. The maximum absolute atomic E-state index is 14.5. The van der Waals surface area contributed by atoms with Crippen molar-refractivity contribution in [1.29, 1.82) is 0 Å². The molecule has 1 saturated heterocycles. The molecule has 3 heterocycles. The first-order valence-electron chi connectivity index (χ1n) is 23.5. The number of aromatic hydroxyl groups is 2. The predicted octanol–water partition coefficient (Wildman–Crippen LogP) is 1.92. The predicted molar refractivity (Wildman–Crippen MR) is 305 cm³/mol. The number of amides is 8. The minimum absolute atomic E-state index is 0.0400. The van der Waals surface area contributed by atoms with Gasteiger partial charge in [-0.3, -0.25) is 47.9 Å². The van der Waals surface area contributed by atoms with Crippen LogP contribution in [0.25, 0.3) is 21.8 Å². The van der Waals surface area contributed by atoms with E-state index in [4.69, 9.17) is 0 Å². The fraction of sp³-hybridized carbons (Fsp3) is 0.429. The molecule has 2 aromatic carbocycles. The lowest BCUT2D eigenvalue weighted by Crippen LogP contribution is -2.56. The van der Waals surface area contributed by atoms with Crippen molar-refractivity contribution in [1.82, 2.24) is 50.8 Å². The van der Waals surface area contributed by atoms with Crippen LogP contribution in [0, 0.1) is 0 Å². The molecular weight excluding hydrogens is 1110 g/mol. The normalized spacial score (nSPS) is 21.8. The summed E-state index contributed by atoms with van der Waals surface area (Å²) < 4.78 is 0. The Morgan fingerprint density at radius 1 is 0.610 bits per heavy atom. The van der Waals surface area contributed by atoms with E-state index in [0.717, 1.165) is 14.7 Å². The van der Waals surface area contributed by atoms with Gasteiger partial charge >= 0.3 is 0 Å². The van der Waals surface area contributed by atoms with Gasteiger partial charge in [-0.1, -0.05) is 81.5 Å². The fourth-order valence-corrected chi connectivity index (χ4v) is 12.6. The Morgan fingerprint density at radius 2 is 1.03 bits per heavy atom. The number of nitrogens with one attached hydrogen (secondary N) is 4. The zero-order valence-corrected chi connectivity index (χ0v) is 48.2. The van der Waals surface area contributed by atoms with E-state index in [1.54, 1.807) is 67.3 Å². The van der Waals surface area contributed by atoms with E-state index < -0.39 is 141 Å². The highest BCUT2D eigenvalue weighted by Crippen LogP contribution is 2.26. The summed E-state index contributed by atoms with van der Waals surface area (Å²) in [5.41, 5.74) is -0.121. The quantitative estimate of drug-likeness (QED) is 0.117. The highest BCUT2D eigenvalue weighted by molar-refractivity contribution is 8.76. The Hall–Kier alpha value is -5.94. The Kier molecular flexibility index (Phi) is 23.4. The number of aromatic nitrogens is 2. The van der Waals surface area contributed by atoms with Gasteiger partial charge in [-0.2, -0.15) is 23.5 Å². The van der Waals surface area contributed by atoms with E-state index in [9.17, 15) is 58.2 Å². The lowest BCUT2D eigenvalue weighted by Gasteiger charge is -2.34. The van der Waals surface area contributed by atoms with Crippen molar-refractivity contribution in [2.24, 2.45) is 0 Å². The van der Waals surface area contributed by atoms with Gasteiger partial charge in [-0.05, 0) is 50.0 Å². The highest BCUT2D eigenvalue weighted by atomic mass is 33.1. The molecule has 77 heavy (non-hydrogen) atoms. The largest absolute Gasteiger partial charge is 0.505 e. The van der Waals surface area contributed by atoms with Gasteiger partial charge in [0, 0.05) is 67.7 Å². The Morgan fingerprint density at radius 3 is 1.45 bits per heavy atom. The molecule has 0 bridgehead atoms. The summed E-state index contributed by atoms with van der Waals surface area (Å²) in [6.07, 6.45) is 5.17. The zero-order chi connectivity index (χ0) is 56.7. The van der Waals surface area contributed by atoms with E-state index in [1.807, 2.05) is 0 Å². The van der Waals surface area contributed by atoms with E-state index in [1.165, 1.54) is 97.3 Å². The van der Waals surface area contributed by atoms with Gasteiger partial charge in [0.05, 0.1) is 24.1 Å². The number of fused-ring (bicyclic) bond motifs is 2. The fourth-order valence-electron chi connectivity index (χ4n) is 7.57. The molecule has 4 aromatic rings. The van der Waals surface area contributed by atoms with E-state index in [2.05, 4.69) is 31.2 Å². The van der Waals surface area contributed by atoms with Gasteiger partial charge in [0.1, 0.15) is 47.8 Å². The summed E-state index contributed by atoms with van der Waals surface area (Å²) in [4.78, 5) is 153. The van der Waals surface area contributed by atoms with Crippen LogP contribution in [0.3, 0.4) is 0 Å². The third-order valence-electron chi connectivity index (χ3n) is 12.3. The number of benzene rings is 2. The van der Waals surface area contributed by atoms with Crippen molar-refractivity contribution in [2.45, 2.75) is 43.2 Å². The minimum Gasteiger partial charge on any atom is -0.505 e. The molecule has 28 heteroatoms. The number of rotatable bonds is 11. The Balaban J connectivity index is 1.49. The van der Waals surface area contributed by atoms with Gasteiger partial charge in [-0.25, -0.2) is 9.97 Å². The Bertz CT molecular complexity index is 2890. The van der Waals surface area contributed by atoms with Crippen LogP contribution in [0.5, 0.6) is 11.5 Å². The number of para-hydroxylation sites is 2. The van der Waals surface area contributed by atoms with Crippen molar-refractivity contribution in [3.63, 3.8) is 0 Å². The van der Waals surface area contributed by atoms with Crippen molar-refractivity contribution >= 4 is 148 Å². The van der Waals surface area contributed by atoms with Gasteiger partial charge < -0.3 is 51.1 Å². The standard InChI is InChI=1S/C49H60N10O12S6/c1-26-46(68)58(4)34(23-72-6)48(70)75-21-32(55-45(67)41-37(61)18-28-14-10-12-16-30(28)53-41)43(65)51-20-39(63)57(3)33(25-77-74-8)47(69)59(5)35(24-73-7)49(71)76-22-31(42(64)50-19-38(62)56(26)2)54-44(66)40-36(60)17-27-13-9-11-15-29(27)52-40/h9-18,26,31-35,60-61H,19-25H2,1-8H3,(H,50,64)(H,51,65)(H,54,66)(H,55,67)/t26?,31-,32-,33+,34+,35+/m1/s1. The molecule has 6 N–H and O–H groups in total. The van der Waals surface area contributed by atoms with Crippen molar-refractivity contribution in [3.05, 3.63) is 72.1 Å². The molecule has 1 aliphatic heterocycles. The van der Waals surface area contributed by atoms with Crippen LogP contribution in [-0.2, 0) is 38.4 Å². The second kappa shape index (κ2) is 29.2. The lowest BCUT2D eigenvalue weighted by molar-refractivity contribution is -0.145. The van der Waals surface area contributed by atoms with Crippen LogP contribution >= 0.6 is 68.6 Å². The number of hydrogen-bond acceptors (Lipinski definition) is 20. The topological polar surface area (TPSA) is 298 Å². The summed E-state index contributed by atoms with van der Waals surface area (Å²) in [7, 11) is 7.98. The molecule has 6 atom stereocenters. The van der Waals surface area contributed by atoms with Gasteiger partial charge in [0.15, 0.2) is 11.4 Å². The van der Waals surface area contributed by atoms with Gasteiger partial charge in [0.25, 0.3) is 11.8 Å². The molecule has 0 radical (unpaired) electrons. The van der Waals surface area contributed by atoms with Gasteiger partial charge in [0.2, 0.25) is 45.7 Å². The summed E-state index contributed by atoms with van der Waals surface area (Å²) in [6.45, 7) is 0.0230. The van der Waals surface area contributed by atoms with E-state index >= 15 is 0 Å². The first-order chi connectivity index (χ1) is 36.6. The third-order valence-corrected chi connectivity index (χ3v) is 17.6. The number of pyridine rings is 2. The molecule has 0 saturated carbocycles. The van der Waals surface area contributed by atoms with Crippen molar-refractivity contribution in [3.8, 4) is 11.5 Å². The molecule has 8 amide bonds. The second-order valence-electron chi connectivity index (χ2n) is 17.3. The highest BCUT2D eigenvalue weighted by Gasteiger charge is 2.38. The molecular formula is C49H60N10O12S6. The monoisotopic (exact) mass is 1170 g/mol. The maximum Gasteiger partial charge on any atom is 0.274 e. The minimum atomic E-state index is -1.54. The number of nitrogens with zero attached hydrogens (tertiary/aromatic N) is 6. The third kappa shape index (κ3) is 16.1. The second-order valence-corrected chi connectivity index (χ2v) is 23.8. The van der Waals surface area contributed by atoms with E-state index in [-0.39, 0.29) is 17.3 Å². The average molecular weight is 1170 g/mol. The maximum atomic E-state index is 14.5. The molecule has 2 aromatic heterocycles. The Labute approximate surface area is 469 Å². The number of carbonyl (C=O) groups excluding carboxylic acids is 10. The first kappa shape index (κ1) is 61.9. The van der Waals surface area contributed by atoms with Crippen LogP contribution in [0.4, 0.5) is 0 Å². The van der Waals surface area contributed by atoms with Crippen molar-refractivity contribution < 1.29 is 58.2 Å². The molecule has 5 rings (SSSR count). The SMILES string of the molecule is CSC[C@H]1C(=O)SC[C@@H](NC(=O)c2nc3ccccc3cc2O)C(=O)NCC(=O)N(C)[C@@H](CSSC)C(=O)N(C)[C@@H](CSC)C(=O)SC[C@@H](NC(=O)c2nc3ccccc3cc2O)C(=O)NCC(=O)N(C)C(C)C(=O)N1C. The molecule has 1 fully saturated rings. The van der Waals surface area contributed by atoms with Crippen LogP contribution in [-0.4, -0.2) is 222 Å². The van der Waals surface area contributed by atoms with Crippen molar-refractivity contribution in [2.75, 3.05) is 88.8 Å². The molecule has 0 spiro atoms. The van der Waals surface area contributed by atoms with Crippen LogP contribution in [0.1, 0.15) is 27.9 Å². The molecule has 22 nitrogen and oxygen atoms in total. The van der Waals surface area contributed by atoms with Crippen LogP contribution in [0.15, 0.2) is 60.7 Å². The number of likely N-dealkylation sites (N-methyl/N-ethyl adjacent to an activating group) is 4. The summed E-state index contributed by atoms with van der Waals surface area (Å²) in [6, 6.07) is 8.25. The zero-order valence-electron chi connectivity index (χ0n) is 43.3. The molecule has 0 aliphatic carbocycles.